The van der Waals surface area contributed by atoms with Crippen molar-refractivity contribution in [1.29, 1.82) is 0 Å². The molecule has 13 atom stereocenters. The van der Waals surface area contributed by atoms with E-state index in [-0.39, 0.29) is 43.0 Å². The van der Waals surface area contributed by atoms with Gasteiger partial charge in [-0.15, -0.1) is 0 Å². The van der Waals surface area contributed by atoms with Crippen LogP contribution >= 0.6 is 0 Å². The van der Waals surface area contributed by atoms with Crippen LogP contribution < -0.4 is 21.3 Å². The first-order chi connectivity index (χ1) is 26.6. The Hall–Kier alpha value is -1.95. The van der Waals surface area contributed by atoms with Crippen molar-refractivity contribution in [3.8, 4) is 0 Å². The zero-order valence-corrected chi connectivity index (χ0v) is 34.6. The molecule has 7 aliphatic rings. The Labute approximate surface area is 330 Å². The summed E-state index contributed by atoms with van der Waals surface area (Å²) in [4.78, 5) is 44.9. The van der Waals surface area contributed by atoms with Crippen molar-refractivity contribution < 1.29 is 44.9 Å². The number of quaternary nitrogens is 3. The Balaban J connectivity index is 1.16. The summed E-state index contributed by atoms with van der Waals surface area (Å²) >= 11 is 0. The van der Waals surface area contributed by atoms with Crippen LogP contribution in [0.15, 0.2) is 23.3 Å². The number of hydrogen-bond acceptors (Lipinski definition) is 7. The molecule has 8 N–H and O–H groups in total. The number of aliphatic hydroxyl groups is 1. The highest BCUT2D eigenvalue weighted by molar-refractivity contribution is 6.23. The minimum absolute atomic E-state index is 0.0654. The van der Waals surface area contributed by atoms with Gasteiger partial charge in [-0.3, -0.25) is 9.59 Å². The molecule has 5 unspecified atom stereocenters. The van der Waals surface area contributed by atoms with Gasteiger partial charge in [-0.2, -0.15) is 0 Å². The third-order valence-corrected chi connectivity index (χ3v) is 15.8. The average molecular weight is 768 g/mol. The van der Waals surface area contributed by atoms with Crippen LogP contribution in [0.2, 0.25) is 0 Å². The highest BCUT2D eigenvalue weighted by Crippen LogP contribution is 2.63. The quantitative estimate of drug-likeness (QED) is 0.0712. The topological polar surface area (TPSA) is 155 Å². The lowest BCUT2D eigenvalue weighted by atomic mass is 9.56. The molecule has 0 aromatic carbocycles. The van der Waals surface area contributed by atoms with Crippen molar-refractivity contribution in [2.75, 3.05) is 40.0 Å². The molecule has 0 aromatic heterocycles. The van der Waals surface area contributed by atoms with E-state index in [1.165, 1.54) is 19.3 Å². The minimum atomic E-state index is -1.91. The van der Waals surface area contributed by atoms with Crippen LogP contribution in [0.1, 0.15) is 124 Å². The number of ether oxygens (including phenoxy) is 2. The van der Waals surface area contributed by atoms with Gasteiger partial charge in [0.2, 0.25) is 0 Å². The first kappa shape index (κ1) is 41.2. The molecule has 6 fully saturated rings. The van der Waals surface area contributed by atoms with Crippen molar-refractivity contribution in [2.24, 2.45) is 53.3 Å². The Kier molecular flexibility index (Phi) is 13.4. The molecule has 0 aromatic rings. The van der Waals surface area contributed by atoms with Gasteiger partial charge in [-0.1, -0.05) is 50.3 Å². The number of fused-ring (bicyclic) bond motifs is 1. The van der Waals surface area contributed by atoms with E-state index in [0.29, 0.717) is 48.2 Å². The van der Waals surface area contributed by atoms with Gasteiger partial charge >= 0.3 is 5.97 Å². The second-order valence-electron chi connectivity index (χ2n) is 19.3. The van der Waals surface area contributed by atoms with E-state index < -0.39 is 29.0 Å². The minimum Gasteiger partial charge on any atom is -0.463 e. The van der Waals surface area contributed by atoms with Crippen molar-refractivity contribution in [3.05, 3.63) is 23.3 Å². The maximum absolute atomic E-state index is 15.1. The lowest BCUT2D eigenvalue weighted by molar-refractivity contribution is -0.716. The number of cyclic esters (lactones) is 1. The van der Waals surface area contributed by atoms with Gasteiger partial charge in [0.1, 0.15) is 12.8 Å². The third-order valence-electron chi connectivity index (χ3n) is 15.8. The highest BCUT2D eigenvalue weighted by Gasteiger charge is 2.87. The molecule has 1 spiro atoms. The lowest BCUT2D eigenvalue weighted by Gasteiger charge is -2.44. The number of carbonyl (C=O) groups is 3. The van der Waals surface area contributed by atoms with Crippen LogP contribution in [-0.4, -0.2) is 86.1 Å². The van der Waals surface area contributed by atoms with E-state index in [1.54, 1.807) is 0 Å². The summed E-state index contributed by atoms with van der Waals surface area (Å²) in [6, 6.07) is 0.341. The molecule has 55 heavy (non-hydrogen) atoms. The van der Waals surface area contributed by atoms with Gasteiger partial charge in [-0.25, -0.2) is 10.1 Å². The van der Waals surface area contributed by atoms with Crippen molar-refractivity contribution >= 4 is 17.5 Å². The molecule has 0 amide bonds. The van der Waals surface area contributed by atoms with E-state index in [2.05, 4.69) is 61.2 Å². The van der Waals surface area contributed by atoms with Gasteiger partial charge in [0.05, 0.1) is 39.4 Å². The number of aliphatic hydroxyl groups excluding tert-OH is 1. The van der Waals surface area contributed by atoms with Gasteiger partial charge in [0.15, 0.2) is 17.2 Å². The van der Waals surface area contributed by atoms with Crippen molar-refractivity contribution in [3.63, 3.8) is 0 Å². The Morgan fingerprint density at radius 3 is 2.62 bits per heavy atom. The molecule has 308 valence electrons. The van der Waals surface area contributed by atoms with E-state index in [1.807, 2.05) is 0 Å². The fourth-order valence-electron chi connectivity index (χ4n) is 12.8. The predicted octanol–water partition coefficient (Wildman–Crippen LogP) is 2.51. The van der Waals surface area contributed by atoms with Gasteiger partial charge < -0.3 is 30.5 Å². The maximum atomic E-state index is 15.1. The van der Waals surface area contributed by atoms with E-state index in [0.717, 1.165) is 102 Å². The number of rotatable bonds is 11. The van der Waals surface area contributed by atoms with Gasteiger partial charge in [-0.05, 0) is 113 Å². The molecule has 3 heterocycles. The average Bonchev–Trinajstić information content (AvgIpc) is 3.89. The Morgan fingerprint density at radius 2 is 1.82 bits per heavy atom. The van der Waals surface area contributed by atoms with E-state index in [4.69, 9.17) is 9.47 Å². The fraction of sp³-hybridized carbons (Fsp3) is 0.844. The van der Waals surface area contributed by atoms with Gasteiger partial charge in [0, 0.05) is 37.0 Å². The summed E-state index contributed by atoms with van der Waals surface area (Å²) in [5.41, 5.74) is -1.72. The number of esters is 1. The molecule has 4 bridgehead atoms. The van der Waals surface area contributed by atoms with E-state index >= 15 is 4.79 Å². The molecule has 3 saturated carbocycles. The largest absolute Gasteiger partial charge is 0.463 e. The van der Waals surface area contributed by atoms with E-state index in [9.17, 15) is 14.7 Å². The summed E-state index contributed by atoms with van der Waals surface area (Å²) in [7, 11) is 2.07. The number of piperidine rings is 1. The highest BCUT2D eigenvalue weighted by atomic mass is 16.7. The van der Waals surface area contributed by atoms with Crippen LogP contribution in [0.5, 0.6) is 0 Å². The van der Waals surface area contributed by atoms with Crippen LogP contribution in [0.3, 0.4) is 0 Å². The molecule has 0 radical (unpaired) electrons. The summed E-state index contributed by atoms with van der Waals surface area (Å²) in [5, 5.41) is 21.4. The SMILES string of the molecule is CC[NH2+][C@H]1C[C@@H]2C=CC[C@H]3CCCC[C@H](C)CC4CCCC5C(=O)[C@]6(CC(CO)=C(C)CCC7CC[NH2+]C(NC[NH2+]C)C7)O[C@]6(C(=O)OC[C@H]1C[C@H]32)C(=O)C45. The first-order valence-corrected chi connectivity index (χ1v) is 22.7. The van der Waals surface area contributed by atoms with Crippen LogP contribution in [0, 0.1) is 53.3 Å². The zero-order chi connectivity index (χ0) is 38.7. The number of epoxide rings is 1. The summed E-state index contributed by atoms with van der Waals surface area (Å²) < 4.78 is 12.9. The number of nitrogens with two attached hydrogens (primary N) is 3. The molecular weight excluding hydrogens is 693 g/mol. The number of allylic oxidation sites excluding steroid dienone is 3. The number of ketones is 2. The lowest BCUT2D eigenvalue weighted by Crippen LogP contribution is -2.97. The fourth-order valence-corrected chi connectivity index (χ4v) is 12.8. The molecule has 10 heteroatoms. The maximum Gasteiger partial charge on any atom is 0.350 e. The number of carbonyl (C=O) groups excluding carboxylic acids is 3. The molecule has 10 nitrogen and oxygen atoms in total. The third kappa shape index (κ3) is 8.21. The molecule has 4 aliphatic carbocycles. The Morgan fingerprint density at radius 1 is 1.00 bits per heavy atom. The number of nitrogens with one attached hydrogen (secondary N) is 1. The monoisotopic (exact) mass is 768 g/mol. The smallest absolute Gasteiger partial charge is 0.350 e. The van der Waals surface area contributed by atoms with Crippen LogP contribution in [0.4, 0.5) is 0 Å². The normalized spacial score (nSPS) is 42.5. The number of Topliss-reactive ketones (excluding diaryl/α,β-unsaturated/α-hetero) is 2. The number of hydrogen-bond donors (Lipinski definition) is 5. The summed E-state index contributed by atoms with van der Waals surface area (Å²) in [6.07, 6.45) is 20.9. The summed E-state index contributed by atoms with van der Waals surface area (Å²) in [5.74, 6) is 1.18. The van der Waals surface area contributed by atoms with Crippen molar-refractivity contribution in [2.45, 2.75) is 147 Å². The zero-order valence-electron chi connectivity index (χ0n) is 34.6. The Bertz CT molecular complexity index is 1450. The van der Waals surface area contributed by atoms with Crippen LogP contribution in [-0.2, 0) is 23.9 Å². The molecule has 3 saturated heterocycles. The second kappa shape index (κ2) is 17.9. The van der Waals surface area contributed by atoms with Crippen molar-refractivity contribution in [1.82, 2.24) is 5.32 Å². The first-order valence-electron chi connectivity index (χ1n) is 22.7. The molecule has 3 aliphatic heterocycles. The summed E-state index contributed by atoms with van der Waals surface area (Å²) in [6.45, 7) is 9.56. The molecule has 7 rings (SSSR count). The van der Waals surface area contributed by atoms with Gasteiger partial charge in [0.25, 0.3) is 5.60 Å². The predicted molar refractivity (Wildman–Crippen MR) is 210 cm³/mol. The molecular formula is C45H75N4O6+3. The standard InChI is InChI=1S/C45H72N4O6/c1-5-47-38-23-32-13-8-12-31-11-7-6-10-28(2)20-33-14-9-15-36-40(33)42(52)45(43(53)54-26-34(38)22-37(31)32)44(55-45,41(36)51)24-35(25-50)29(3)16-17-30-18-19-48-39(21-30)49-27-46-4/h8,13,28,30-34,36-40,46-50H,5-7,9-12,14-27H2,1-4H3/p+3/t28-,30?,31+,32-,33?,34+,36?,37+,38-,39?,40?,44-,45-/m0/s1. The second-order valence-corrected chi connectivity index (χ2v) is 19.3. The van der Waals surface area contributed by atoms with Crippen LogP contribution in [0.25, 0.3) is 0 Å².